The van der Waals surface area contributed by atoms with E-state index in [1.54, 1.807) is 16.4 Å². The first-order valence-corrected chi connectivity index (χ1v) is 8.69. The molecule has 3 rings (SSSR count). The average molecular weight is 352 g/mol. The molecule has 0 saturated heterocycles. The van der Waals surface area contributed by atoms with E-state index >= 15 is 0 Å². The van der Waals surface area contributed by atoms with Gasteiger partial charge in [-0.3, -0.25) is 9.48 Å². The third kappa shape index (κ3) is 3.11. The molecule has 122 valence electrons. The summed E-state index contributed by atoms with van der Waals surface area (Å²) < 4.78 is 1.70. The topological polar surface area (TPSA) is 67.1 Å². The van der Waals surface area contributed by atoms with Gasteiger partial charge in [0.1, 0.15) is 5.82 Å². The van der Waals surface area contributed by atoms with Crippen LogP contribution in [0.15, 0.2) is 24.3 Å². The number of nitrogens with one attached hydrogen (secondary N) is 1. The smallest absolute Gasteiger partial charge is 0.238 e. The number of amides is 1. The Morgan fingerprint density at radius 1 is 1.39 bits per heavy atom. The molecule has 2 N–H and O–H groups in total. The molecule has 0 bridgehead atoms. The Balaban J connectivity index is 2.10. The van der Waals surface area contributed by atoms with Crippen LogP contribution in [-0.2, 0) is 11.8 Å². The van der Waals surface area contributed by atoms with E-state index < -0.39 is 0 Å². The minimum Gasteiger partial charge on any atom is -0.396 e. The molecule has 1 aromatic heterocycles. The number of hydrogen-bond acceptors (Lipinski definition) is 4. The Kier molecular flexibility index (Phi) is 4.66. The summed E-state index contributed by atoms with van der Waals surface area (Å²) in [7, 11) is 1.82. The summed E-state index contributed by atoms with van der Waals surface area (Å²) in [4.78, 5) is 12.5. The van der Waals surface area contributed by atoms with Gasteiger partial charge in [-0.15, -0.1) is 11.8 Å². The van der Waals surface area contributed by atoms with Gasteiger partial charge >= 0.3 is 0 Å². The predicted octanol–water partition coefficient (Wildman–Crippen LogP) is 2.91. The van der Waals surface area contributed by atoms with Crippen molar-refractivity contribution in [2.75, 3.05) is 11.9 Å². The van der Waals surface area contributed by atoms with E-state index in [4.69, 9.17) is 11.6 Å². The Morgan fingerprint density at radius 2 is 2.09 bits per heavy atom. The first-order valence-electron chi connectivity index (χ1n) is 7.37. The van der Waals surface area contributed by atoms with Crippen LogP contribution in [0.1, 0.15) is 28.5 Å². The first kappa shape index (κ1) is 16.4. The standard InChI is InChI=1S/C16H18ClN3O2S/c1-9-13-14(10-3-5-11(17)6-4-10)23-12(7-8-21)16(22)18-15(13)20(2)19-9/h3-6,12,14,21H,7-8H2,1-2H3,(H,18,22). The summed E-state index contributed by atoms with van der Waals surface area (Å²) in [6.45, 7) is 1.92. The van der Waals surface area contributed by atoms with Gasteiger partial charge in [-0.1, -0.05) is 23.7 Å². The molecule has 0 radical (unpaired) electrons. The van der Waals surface area contributed by atoms with Crippen LogP contribution in [-0.4, -0.2) is 32.7 Å². The van der Waals surface area contributed by atoms with Crippen molar-refractivity contribution in [3.8, 4) is 0 Å². The monoisotopic (exact) mass is 351 g/mol. The van der Waals surface area contributed by atoms with Crippen LogP contribution < -0.4 is 5.32 Å². The summed E-state index contributed by atoms with van der Waals surface area (Å²) >= 11 is 7.54. The molecule has 23 heavy (non-hydrogen) atoms. The van der Waals surface area contributed by atoms with Crippen LogP contribution in [0.5, 0.6) is 0 Å². The predicted molar refractivity (Wildman–Crippen MR) is 93.0 cm³/mol. The molecular weight excluding hydrogens is 334 g/mol. The van der Waals surface area contributed by atoms with Gasteiger partial charge in [-0.05, 0) is 31.0 Å². The molecule has 1 amide bonds. The molecule has 7 heteroatoms. The fourth-order valence-electron chi connectivity index (χ4n) is 2.83. The second-order valence-corrected chi connectivity index (χ2v) is 7.28. The van der Waals surface area contributed by atoms with Crippen molar-refractivity contribution in [2.45, 2.75) is 23.8 Å². The number of aryl methyl sites for hydroxylation is 2. The molecule has 1 aliphatic heterocycles. The highest BCUT2D eigenvalue weighted by Gasteiger charge is 2.34. The van der Waals surface area contributed by atoms with Gasteiger partial charge < -0.3 is 10.4 Å². The lowest BCUT2D eigenvalue weighted by molar-refractivity contribution is -0.116. The Labute approximate surface area is 144 Å². The average Bonchev–Trinajstić information content (AvgIpc) is 2.70. The lowest BCUT2D eigenvalue weighted by Crippen LogP contribution is -2.26. The first-order chi connectivity index (χ1) is 11.0. The number of aliphatic hydroxyl groups is 1. The Bertz CT molecular complexity index is 730. The van der Waals surface area contributed by atoms with Crippen LogP contribution in [0.25, 0.3) is 0 Å². The second kappa shape index (κ2) is 6.55. The minimum atomic E-state index is -0.313. The third-order valence-corrected chi connectivity index (χ3v) is 5.74. The number of aromatic nitrogens is 2. The second-order valence-electron chi connectivity index (χ2n) is 5.53. The van der Waals surface area contributed by atoms with Gasteiger partial charge in [-0.2, -0.15) is 5.10 Å². The number of rotatable bonds is 3. The molecule has 2 unspecified atom stereocenters. The van der Waals surface area contributed by atoms with E-state index in [2.05, 4.69) is 10.4 Å². The number of nitrogens with zero attached hydrogens (tertiary/aromatic N) is 2. The van der Waals surface area contributed by atoms with Crippen molar-refractivity contribution in [3.63, 3.8) is 0 Å². The van der Waals surface area contributed by atoms with Gasteiger partial charge in [-0.25, -0.2) is 0 Å². The van der Waals surface area contributed by atoms with E-state index in [-0.39, 0.29) is 23.0 Å². The molecule has 0 saturated carbocycles. The lowest BCUT2D eigenvalue weighted by Gasteiger charge is -2.19. The van der Waals surface area contributed by atoms with Crippen LogP contribution in [0, 0.1) is 6.92 Å². The van der Waals surface area contributed by atoms with E-state index in [0.29, 0.717) is 11.4 Å². The fourth-order valence-corrected chi connectivity index (χ4v) is 4.44. The SMILES string of the molecule is Cc1nn(C)c2c1C(c1ccc(Cl)cc1)SC(CCO)C(=O)N2. The lowest BCUT2D eigenvalue weighted by atomic mass is 10.0. The summed E-state index contributed by atoms with van der Waals surface area (Å²) in [6.07, 6.45) is 0.418. The molecule has 5 nitrogen and oxygen atoms in total. The van der Waals surface area contributed by atoms with Gasteiger partial charge in [0.25, 0.3) is 0 Å². The Morgan fingerprint density at radius 3 is 2.74 bits per heavy atom. The number of halogens is 1. The van der Waals surface area contributed by atoms with Crippen LogP contribution >= 0.6 is 23.4 Å². The summed E-state index contributed by atoms with van der Waals surface area (Å²) in [5.74, 6) is 0.630. The normalized spacial score (nSPS) is 20.8. The van der Waals surface area contributed by atoms with Gasteiger partial charge in [0.05, 0.1) is 16.2 Å². The number of carbonyl (C=O) groups is 1. The molecule has 2 atom stereocenters. The number of thioether (sulfide) groups is 1. The maximum absolute atomic E-state index is 12.5. The van der Waals surface area contributed by atoms with E-state index in [1.807, 2.05) is 38.2 Å². The zero-order valence-electron chi connectivity index (χ0n) is 12.9. The van der Waals surface area contributed by atoms with E-state index in [1.165, 1.54) is 0 Å². The van der Waals surface area contributed by atoms with Crippen molar-refractivity contribution in [3.05, 3.63) is 46.1 Å². The number of fused-ring (bicyclic) bond motifs is 1. The van der Waals surface area contributed by atoms with Crippen LogP contribution in [0.4, 0.5) is 5.82 Å². The number of aliphatic hydroxyl groups excluding tert-OH is 1. The number of hydrogen-bond donors (Lipinski definition) is 2. The van der Waals surface area contributed by atoms with Crippen molar-refractivity contribution in [1.29, 1.82) is 0 Å². The molecule has 1 aliphatic rings. The van der Waals surface area contributed by atoms with Crippen LogP contribution in [0.3, 0.4) is 0 Å². The van der Waals surface area contributed by atoms with Crippen molar-refractivity contribution in [1.82, 2.24) is 9.78 Å². The quantitative estimate of drug-likeness (QED) is 0.892. The van der Waals surface area contributed by atoms with Crippen molar-refractivity contribution in [2.24, 2.45) is 7.05 Å². The Hall–Kier alpha value is -1.50. The zero-order valence-corrected chi connectivity index (χ0v) is 14.5. The summed E-state index contributed by atoms with van der Waals surface area (Å²) in [5, 5.41) is 17.0. The maximum Gasteiger partial charge on any atom is 0.238 e. The fraction of sp³-hybridized carbons (Fsp3) is 0.375. The highest BCUT2D eigenvalue weighted by Crippen LogP contribution is 2.46. The number of anilines is 1. The maximum atomic E-state index is 12.5. The number of benzene rings is 1. The highest BCUT2D eigenvalue weighted by molar-refractivity contribution is 8.01. The third-order valence-electron chi connectivity index (χ3n) is 3.93. The minimum absolute atomic E-state index is 0.0218. The van der Waals surface area contributed by atoms with Crippen molar-refractivity contribution >= 4 is 35.1 Å². The summed E-state index contributed by atoms with van der Waals surface area (Å²) in [5.41, 5.74) is 2.96. The zero-order chi connectivity index (χ0) is 16.6. The van der Waals surface area contributed by atoms with Gasteiger partial charge in [0.15, 0.2) is 0 Å². The van der Waals surface area contributed by atoms with Crippen molar-refractivity contribution < 1.29 is 9.90 Å². The van der Waals surface area contributed by atoms with Gasteiger partial charge in [0.2, 0.25) is 5.91 Å². The molecular formula is C16H18ClN3O2S. The molecule has 0 fully saturated rings. The largest absolute Gasteiger partial charge is 0.396 e. The molecule has 1 aromatic carbocycles. The van der Waals surface area contributed by atoms with E-state index in [9.17, 15) is 9.90 Å². The summed E-state index contributed by atoms with van der Waals surface area (Å²) in [6, 6.07) is 7.65. The molecule has 0 spiro atoms. The highest BCUT2D eigenvalue weighted by atomic mass is 35.5. The number of carbonyl (C=O) groups excluding carboxylic acids is 1. The van der Waals surface area contributed by atoms with Gasteiger partial charge in [0, 0.05) is 24.2 Å². The molecule has 2 aromatic rings. The van der Waals surface area contributed by atoms with E-state index in [0.717, 1.165) is 22.6 Å². The molecule has 0 aliphatic carbocycles. The molecule has 2 heterocycles. The van der Waals surface area contributed by atoms with Crippen LogP contribution in [0.2, 0.25) is 5.02 Å².